The van der Waals surface area contributed by atoms with Crippen LogP contribution in [0, 0.1) is 11.5 Å². The maximum Gasteiger partial charge on any atom is 0.208 e. The van der Waals surface area contributed by atoms with E-state index in [0.717, 1.165) is 25.1 Å². The molecule has 0 aromatic carbocycles. The number of amidine groups is 1. The minimum atomic E-state index is -0.0758. The molecular formula is C14H22N4OS. The third-order valence-corrected chi connectivity index (χ3v) is 3.26. The van der Waals surface area contributed by atoms with Gasteiger partial charge in [0.25, 0.3) is 0 Å². The summed E-state index contributed by atoms with van der Waals surface area (Å²) in [6, 6.07) is 1.93. The highest BCUT2D eigenvalue weighted by molar-refractivity contribution is 8.13. The number of unbranched alkanes of at least 4 members (excludes halogenated alkanes) is 1. The molecular weight excluding hydrogens is 272 g/mol. The molecule has 6 heteroatoms. The summed E-state index contributed by atoms with van der Waals surface area (Å²) in [6.07, 6.45) is 5.73. The van der Waals surface area contributed by atoms with Crippen molar-refractivity contribution in [2.45, 2.75) is 52.5 Å². The summed E-state index contributed by atoms with van der Waals surface area (Å²) >= 11 is 1.34. The van der Waals surface area contributed by atoms with Gasteiger partial charge in [-0.25, -0.2) is 4.99 Å². The normalized spacial score (nSPS) is 13.6. The summed E-state index contributed by atoms with van der Waals surface area (Å²) in [5, 5.41) is 9.09. The van der Waals surface area contributed by atoms with Gasteiger partial charge in [-0.15, -0.1) is 4.99 Å². The van der Waals surface area contributed by atoms with Crippen molar-refractivity contribution in [3.05, 3.63) is 17.3 Å². The highest BCUT2D eigenvalue weighted by atomic mass is 32.2. The van der Waals surface area contributed by atoms with E-state index in [0.29, 0.717) is 10.7 Å². The first-order chi connectivity index (χ1) is 9.42. The number of rotatable bonds is 3. The van der Waals surface area contributed by atoms with Crippen molar-refractivity contribution in [1.29, 1.82) is 5.26 Å². The van der Waals surface area contributed by atoms with Gasteiger partial charge >= 0.3 is 0 Å². The lowest BCUT2D eigenvalue weighted by atomic mass is 9.94. The monoisotopic (exact) mass is 294 g/mol. The lowest BCUT2D eigenvalue weighted by molar-refractivity contribution is 0.214. The molecule has 0 aliphatic heterocycles. The maximum absolute atomic E-state index is 8.65. The van der Waals surface area contributed by atoms with Gasteiger partial charge in [-0.05, 0) is 12.7 Å². The fourth-order valence-electron chi connectivity index (χ4n) is 1.54. The molecule has 1 aromatic heterocycles. The second-order valence-electron chi connectivity index (χ2n) is 5.47. The molecule has 1 rings (SSSR count). The average molecular weight is 294 g/mol. The zero-order valence-corrected chi connectivity index (χ0v) is 13.6. The third-order valence-electron chi connectivity index (χ3n) is 2.72. The van der Waals surface area contributed by atoms with Crippen molar-refractivity contribution in [3.63, 3.8) is 0 Å². The predicted molar refractivity (Wildman–Crippen MR) is 82.4 cm³/mol. The van der Waals surface area contributed by atoms with Crippen molar-refractivity contribution < 1.29 is 4.52 Å². The molecule has 1 heterocycles. The van der Waals surface area contributed by atoms with Gasteiger partial charge < -0.3 is 4.52 Å². The molecule has 0 fully saturated rings. The topological polar surface area (TPSA) is 66.6 Å². The van der Waals surface area contributed by atoms with E-state index >= 15 is 0 Å². The molecule has 5 nitrogen and oxygen atoms in total. The SMILES string of the molecule is CCCCn1oc(C(C)(C)C)cc1=NC(=NC#N)SC. The molecule has 0 N–H and O–H groups in total. The van der Waals surface area contributed by atoms with Crippen LogP contribution in [0.15, 0.2) is 20.6 Å². The summed E-state index contributed by atoms with van der Waals surface area (Å²) < 4.78 is 7.67. The Balaban J connectivity index is 3.29. The fourth-order valence-corrected chi connectivity index (χ4v) is 1.86. The first kappa shape index (κ1) is 16.6. The summed E-state index contributed by atoms with van der Waals surface area (Å²) in [5.41, 5.74) is 0.639. The quantitative estimate of drug-likeness (QED) is 0.488. The molecule has 1 aromatic rings. The van der Waals surface area contributed by atoms with Gasteiger partial charge in [-0.3, -0.25) is 0 Å². The van der Waals surface area contributed by atoms with Gasteiger partial charge in [-0.2, -0.15) is 10.0 Å². The molecule has 0 unspecified atom stereocenters. The van der Waals surface area contributed by atoms with Crippen molar-refractivity contribution >= 4 is 16.9 Å². The van der Waals surface area contributed by atoms with Crippen LogP contribution in [0.2, 0.25) is 0 Å². The van der Waals surface area contributed by atoms with E-state index in [4.69, 9.17) is 9.78 Å². The molecule has 0 radical (unpaired) electrons. The standard InChI is InChI=1S/C14H22N4OS/c1-6-7-8-18-12(17-13(20-5)16-10-15)9-11(19-18)14(2,3)4/h9H,6-8H2,1-5H3. The molecule has 0 bridgehead atoms. The first-order valence-corrected chi connectivity index (χ1v) is 7.92. The fraction of sp³-hybridized carbons (Fsp3) is 0.643. The second-order valence-corrected chi connectivity index (χ2v) is 6.25. The van der Waals surface area contributed by atoms with Crippen molar-refractivity contribution in [3.8, 4) is 6.19 Å². The third kappa shape index (κ3) is 4.57. The Kier molecular flexibility index (Phi) is 6.08. The van der Waals surface area contributed by atoms with E-state index in [2.05, 4.69) is 37.7 Å². The Bertz CT molecular complexity index is 569. The molecule has 0 atom stereocenters. The minimum absolute atomic E-state index is 0.0758. The van der Waals surface area contributed by atoms with E-state index in [1.807, 2.05) is 12.3 Å². The van der Waals surface area contributed by atoms with E-state index in [1.54, 1.807) is 10.9 Å². The van der Waals surface area contributed by atoms with Crippen molar-refractivity contribution in [2.24, 2.45) is 9.98 Å². The van der Waals surface area contributed by atoms with Crippen LogP contribution in [0.1, 0.15) is 46.3 Å². The zero-order chi connectivity index (χ0) is 15.2. The Labute approximate surface area is 124 Å². The number of aromatic nitrogens is 1. The molecule has 0 saturated carbocycles. The second kappa shape index (κ2) is 7.34. The smallest absolute Gasteiger partial charge is 0.208 e. The Hall–Kier alpha value is -1.48. The molecule has 0 saturated heterocycles. The summed E-state index contributed by atoms with van der Waals surface area (Å²) in [7, 11) is 0. The van der Waals surface area contributed by atoms with Crippen LogP contribution in [0.5, 0.6) is 0 Å². The number of aliphatic imine (C=N–C) groups is 1. The van der Waals surface area contributed by atoms with Gasteiger partial charge in [0.2, 0.25) is 11.4 Å². The molecule has 20 heavy (non-hydrogen) atoms. The van der Waals surface area contributed by atoms with Crippen LogP contribution in [0.3, 0.4) is 0 Å². The highest BCUT2D eigenvalue weighted by Gasteiger charge is 2.20. The lowest BCUT2D eigenvalue weighted by Gasteiger charge is -2.13. The zero-order valence-electron chi connectivity index (χ0n) is 12.8. The Morgan fingerprint density at radius 2 is 2.20 bits per heavy atom. The molecule has 0 spiro atoms. The van der Waals surface area contributed by atoms with E-state index in [1.165, 1.54) is 11.8 Å². The Morgan fingerprint density at radius 3 is 2.70 bits per heavy atom. The van der Waals surface area contributed by atoms with E-state index in [9.17, 15) is 0 Å². The van der Waals surface area contributed by atoms with Gasteiger partial charge in [0.05, 0.1) is 6.54 Å². The maximum atomic E-state index is 8.65. The van der Waals surface area contributed by atoms with Crippen LogP contribution in [-0.4, -0.2) is 16.2 Å². The van der Waals surface area contributed by atoms with Gasteiger partial charge in [0.1, 0.15) is 5.76 Å². The summed E-state index contributed by atoms with van der Waals surface area (Å²) in [4.78, 5) is 8.11. The number of nitriles is 1. The molecule has 0 amide bonds. The molecule has 0 aliphatic rings. The number of hydrogen-bond donors (Lipinski definition) is 0. The summed E-state index contributed by atoms with van der Waals surface area (Å²) in [5.74, 6) is 0.879. The number of nitrogens with zero attached hydrogens (tertiary/aromatic N) is 4. The number of aryl methyl sites for hydroxylation is 1. The van der Waals surface area contributed by atoms with Crippen molar-refractivity contribution in [1.82, 2.24) is 4.74 Å². The largest absolute Gasteiger partial charge is 0.382 e. The molecule has 0 aliphatic carbocycles. The van der Waals surface area contributed by atoms with Gasteiger partial charge in [0, 0.05) is 11.5 Å². The summed E-state index contributed by atoms with van der Waals surface area (Å²) in [6.45, 7) is 9.20. The van der Waals surface area contributed by atoms with E-state index < -0.39 is 0 Å². The highest BCUT2D eigenvalue weighted by Crippen LogP contribution is 2.20. The lowest BCUT2D eigenvalue weighted by Crippen LogP contribution is -2.17. The Morgan fingerprint density at radius 1 is 1.50 bits per heavy atom. The van der Waals surface area contributed by atoms with Crippen LogP contribution >= 0.6 is 11.8 Å². The van der Waals surface area contributed by atoms with E-state index in [-0.39, 0.29) is 5.41 Å². The van der Waals surface area contributed by atoms with Crippen LogP contribution < -0.4 is 5.49 Å². The molecule has 110 valence electrons. The predicted octanol–water partition coefficient (Wildman–Crippen LogP) is 3.28. The number of thioether (sulfide) groups is 1. The average Bonchev–Trinajstić information content (AvgIpc) is 2.78. The number of hydrogen-bond acceptors (Lipinski definition) is 4. The van der Waals surface area contributed by atoms with Crippen LogP contribution in [-0.2, 0) is 12.0 Å². The van der Waals surface area contributed by atoms with Gasteiger partial charge in [0.15, 0.2) is 5.49 Å². The van der Waals surface area contributed by atoms with Crippen LogP contribution in [0.4, 0.5) is 0 Å². The minimum Gasteiger partial charge on any atom is -0.382 e. The van der Waals surface area contributed by atoms with Crippen molar-refractivity contribution in [2.75, 3.05) is 6.26 Å². The van der Waals surface area contributed by atoms with Crippen LogP contribution in [0.25, 0.3) is 0 Å². The van der Waals surface area contributed by atoms with Gasteiger partial charge in [-0.1, -0.05) is 45.9 Å². The first-order valence-electron chi connectivity index (χ1n) is 6.69.